The minimum Gasteiger partial charge on any atom is -0.481 e. The molecule has 2 fully saturated rings. The number of likely N-dealkylation sites (tertiary alicyclic amines) is 1. The number of urea groups is 1. The summed E-state index contributed by atoms with van der Waals surface area (Å²) in [7, 11) is 7.20. The molecule has 0 saturated carbocycles. The van der Waals surface area contributed by atoms with Gasteiger partial charge in [-0.2, -0.15) is 0 Å². The summed E-state index contributed by atoms with van der Waals surface area (Å²) in [5.74, 6) is -7.00. The summed E-state index contributed by atoms with van der Waals surface area (Å²) in [5, 5.41) is 43.2. The number of ketones is 2. The molecule has 0 unspecified atom stereocenters. The van der Waals surface area contributed by atoms with Crippen LogP contribution in [0.4, 0.5) is 15.3 Å². The van der Waals surface area contributed by atoms with Crippen LogP contribution in [0.1, 0.15) is 105 Å². The van der Waals surface area contributed by atoms with Gasteiger partial charge in [-0.1, -0.05) is 91.3 Å². The fourth-order valence-electron chi connectivity index (χ4n) is 11.0. The molecule has 0 spiro atoms. The minimum atomic E-state index is -1.62. The molecule has 82 heavy (non-hydrogen) atoms. The number of nitrogens with zero attached hydrogens (tertiary/aromatic N) is 4. The monoisotopic (exact) mass is 1150 g/mol. The number of carbonyl (C=O) groups is 8. The maximum absolute atomic E-state index is 14.5. The van der Waals surface area contributed by atoms with Crippen molar-refractivity contribution in [3.8, 4) is 5.75 Å². The Morgan fingerprint density at radius 3 is 2.09 bits per heavy atom. The highest BCUT2D eigenvalue weighted by Crippen LogP contribution is 2.33. The van der Waals surface area contributed by atoms with Crippen molar-refractivity contribution in [2.75, 3.05) is 60.4 Å². The van der Waals surface area contributed by atoms with E-state index in [9.17, 15) is 58.8 Å². The average molecular weight is 1160 g/mol. The number of hydrogen-bond acceptors (Lipinski definition) is 17. The Labute approximate surface area is 482 Å². The second kappa shape index (κ2) is 32.1. The summed E-state index contributed by atoms with van der Waals surface area (Å²) in [6.45, 7) is 12.3. The number of amides is 6. The number of carbonyl (C=O) groups excluding carboxylic acids is 7. The van der Waals surface area contributed by atoms with E-state index in [1.165, 1.54) is 58.5 Å². The molecule has 0 radical (unpaired) electrons. The van der Waals surface area contributed by atoms with Crippen LogP contribution in [0.2, 0.25) is 0 Å². The number of rotatable bonds is 30. The lowest BCUT2D eigenvalue weighted by Gasteiger charge is -2.40. The third-order valence-electron chi connectivity index (χ3n) is 16.0. The van der Waals surface area contributed by atoms with E-state index >= 15 is 0 Å². The van der Waals surface area contributed by atoms with E-state index in [-0.39, 0.29) is 80.9 Å². The zero-order chi connectivity index (χ0) is 61.3. The molecule has 2 saturated heterocycles. The number of aliphatic carboxylic acids is 1. The Morgan fingerprint density at radius 1 is 0.829 bits per heavy atom. The van der Waals surface area contributed by atoms with Crippen LogP contribution in [0.5, 0.6) is 5.75 Å². The second-order valence-electron chi connectivity index (χ2n) is 22.5. The molecule has 2 aromatic carbocycles. The summed E-state index contributed by atoms with van der Waals surface area (Å²) in [6.07, 6.45) is -7.17. The number of anilines is 1. The molecule has 23 heteroatoms. The SMILES string of the molecule is CC[C@H](C)[C@@H]([C@@H](CC(=O)N1CCC[C@H]1[C@H](OC)[C@@H](C)C(=O)C[C@@H](Cc1ccccc1)C(=O)O)OC)N(C)C(=O)N(C)C(=O)[C@@H](CC(=O)[C@H](C(C)C)N(C)C(=O)OCc1ccc(O[C@@H]2OC[C@@H](O)[C@H](O)[C@H]2O)c(NC(=O)CCN)c1)C(C)C. The van der Waals surface area contributed by atoms with Crippen LogP contribution in [-0.4, -0.2) is 197 Å². The Balaban J connectivity index is 1.45. The van der Waals surface area contributed by atoms with E-state index in [0.717, 1.165) is 15.4 Å². The van der Waals surface area contributed by atoms with Gasteiger partial charge in [-0.15, -0.1) is 0 Å². The van der Waals surface area contributed by atoms with E-state index in [0.29, 0.717) is 31.4 Å². The number of methoxy groups -OCH3 is 2. The lowest BCUT2D eigenvalue weighted by atomic mass is 9.85. The molecule has 458 valence electrons. The number of imide groups is 1. The van der Waals surface area contributed by atoms with Crippen LogP contribution in [-0.2, 0) is 60.7 Å². The fraction of sp³-hybridized carbons (Fsp3) is 0.661. The summed E-state index contributed by atoms with van der Waals surface area (Å²) in [6, 6.07) is 10.5. The van der Waals surface area contributed by atoms with Crippen molar-refractivity contribution in [1.82, 2.24) is 19.6 Å². The first-order chi connectivity index (χ1) is 38.7. The Bertz CT molecular complexity index is 2460. The van der Waals surface area contributed by atoms with Gasteiger partial charge in [-0.25, -0.2) is 9.59 Å². The van der Waals surface area contributed by atoms with Crippen LogP contribution in [0.15, 0.2) is 48.5 Å². The van der Waals surface area contributed by atoms with Crippen LogP contribution in [0.25, 0.3) is 0 Å². The highest BCUT2D eigenvalue weighted by atomic mass is 16.7. The average Bonchev–Trinajstić information content (AvgIpc) is 3.96. The Kier molecular flexibility index (Phi) is 26.8. The molecule has 13 atom stereocenters. The summed E-state index contributed by atoms with van der Waals surface area (Å²) < 4.78 is 28.7. The van der Waals surface area contributed by atoms with Gasteiger partial charge in [-0.3, -0.25) is 33.7 Å². The standard InChI is InChI=1S/C59H90N6O17/c1-13-35(6)51(47(78-11)30-49(70)65-25-17-20-42(65)54(79-12)36(7)43(66)28-39(56(74)75)26-37-18-15-14-16-19-37)62(8)58(76)64(10)55(73)40(33(2)3)29-44(67)50(34(4)5)63(9)59(77)81-31-38-21-22-46(41(27-38)61-48(69)23-24-60)82-57-53(72)52(71)45(68)32-80-57/h14-16,18-19,21-22,27,33-36,39-40,42,45,47,50-54,57,68,71-72H,13,17,20,23-26,28-32,60H2,1-12H3,(H,61,69)(H,74,75)/t35-,36-,39+,40-,42-,45+,47+,50-,51-,52-,53+,54+,57-/m0/s1. The van der Waals surface area contributed by atoms with Gasteiger partial charge in [0.05, 0.1) is 55.0 Å². The Morgan fingerprint density at radius 2 is 1.50 bits per heavy atom. The second-order valence-corrected chi connectivity index (χ2v) is 22.5. The molecule has 6 amide bonds. The van der Waals surface area contributed by atoms with Gasteiger partial charge in [0.1, 0.15) is 36.5 Å². The zero-order valence-electron chi connectivity index (χ0n) is 49.7. The molecular formula is C59H90N6O17. The van der Waals surface area contributed by atoms with Crippen molar-refractivity contribution in [2.45, 2.75) is 161 Å². The summed E-state index contributed by atoms with van der Waals surface area (Å²) >= 11 is 0. The molecule has 2 aliphatic rings. The predicted molar refractivity (Wildman–Crippen MR) is 302 cm³/mol. The zero-order valence-corrected chi connectivity index (χ0v) is 49.7. The van der Waals surface area contributed by atoms with Gasteiger partial charge >= 0.3 is 18.1 Å². The molecule has 0 aromatic heterocycles. The maximum atomic E-state index is 14.5. The number of ether oxygens (including phenoxy) is 5. The van der Waals surface area contributed by atoms with Crippen molar-refractivity contribution < 1.29 is 82.5 Å². The molecule has 0 aliphatic carbocycles. The predicted octanol–water partition coefficient (Wildman–Crippen LogP) is 4.49. The third kappa shape index (κ3) is 18.0. The van der Waals surface area contributed by atoms with E-state index in [4.69, 9.17) is 29.4 Å². The smallest absolute Gasteiger partial charge is 0.410 e. The first-order valence-corrected chi connectivity index (χ1v) is 28.3. The number of likely N-dealkylation sites (N-methyl/N-ethyl adjacent to an activating group) is 2. The van der Waals surface area contributed by atoms with E-state index < -0.39 is 120 Å². The highest BCUT2D eigenvalue weighted by Gasteiger charge is 2.45. The van der Waals surface area contributed by atoms with Crippen LogP contribution in [0.3, 0.4) is 0 Å². The molecule has 2 heterocycles. The number of carboxylic acids is 1. The van der Waals surface area contributed by atoms with Gasteiger partial charge < -0.3 is 69.9 Å². The molecule has 23 nitrogen and oxygen atoms in total. The van der Waals surface area contributed by atoms with Crippen LogP contribution in [0, 0.1) is 35.5 Å². The van der Waals surface area contributed by atoms with Crippen molar-refractivity contribution in [2.24, 2.45) is 41.2 Å². The van der Waals surface area contributed by atoms with Crippen molar-refractivity contribution in [1.29, 1.82) is 0 Å². The van der Waals surface area contributed by atoms with E-state index in [2.05, 4.69) is 5.32 Å². The third-order valence-corrected chi connectivity index (χ3v) is 16.0. The van der Waals surface area contributed by atoms with Crippen LogP contribution < -0.4 is 15.8 Å². The number of benzene rings is 2. The molecule has 7 N–H and O–H groups in total. The first-order valence-electron chi connectivity index (χ1n) is 28.3. The lowest BCUT2D eigenvalue weighted by Crippen LogP contribution is -2.56. The van der Waals surface area contributed by atoms with Crippen LogP contribution >= 0.6 is 0 Å². The largest absolute Gasteiger partial charge is 0.481 e. The number of nitrogens with one attached hydrogen (secondary N) is 1. The number of aliphatic hydroxyl groups excluding tert-OH is 3. The lowest BCUT2D eigenvalue weighted by molar-refractivity contribution is -0.241. The first kappa shape index (κ1) is 68.4. The van der Waals surface area contributed by atoms with Crippen molar-refractivity contribution in [3.05, 3.63) is 59.7 Å². The van der Waals surface area contributed by atoms with Gasteiger partial charge in [0.25, 0.3) is 0 Å². The van der Waals surface area contributed by atoms with Gasteiger partial charge in [0.15, 0.2) is 5.78 Å². The van der Waals surface area contributed by atoms with Crippen molar-refractivity contribution in [3.63, 3.8) is 0 Å². The van der Waals surface area contributed by atoms with Gasteiger partial charge in [0.2, 0.25) is 24.0 Å². The minimum absolute atomic E-state index is 0.0306. The molecular weight excluding hydrogens is 1060 g/mol. The topological polar surface area (TPSA) is 315 Å². The number of carboxylic acid groups (broad SMARTS) is 1. The number of nitrogens with two attached hydrogens (primary N) is 1. The molecule has 2 aromatic rings. The fourth-order valence-corrected chi connectivity index (χ4v) is 11.0. The summed E-state index contributed by atoms with van der Waals surface area (Å²) in [5.41, 5.74) is 6.86. The Hall–Kier alpha value is -6.08. The van der Waals surface area contributed by atoms with E-state index in [1.807, 2.05) is 44.2 Å². The quantitative estimate of drug-likeness (QED) is 0.0628. The van der Waals surface area contributed by atoms with Gasteiger partial charge in [-0.05, 0) is 60.3 Å². The molecule has 4 rings (SSSR count). The van der Waals surface area contributed by atoms with Gasteiger partial charge in [0, 0.05) is 79.6 Å². The van der Waals surface area contributed by atoms with E-state index in [1.54, 1.807) is 39.5 Å². The van der Waals surface area contributed by atoms with Crippen molar-refractivity contribution >= 4 is 53.1 Å². The summed E-state index contributed by atoms with van der Waals surface area (Å²) in [4.78, 5) is 115. The molecule has 2 aliphatic heterocycles. The normalized spacial score (nSPS) is 21.0. The highest BCUT2D eigenvalue weighted by molar-refractivity contribution is 5.98. The number of aliphatic hydroxyl groups is 3. The maximum Gasteiger partial charge on any atom is 0.410 e. The number of hydrogen-bond donors (Lipinski definition) is 6. The number of Topliss-reactive ketones (excluding diaryl/α,β-unsaturated/α-hetero) is 2. The molecule has 0 bridgehead atoms.